The highest BCUT2D eigenvalue weighted by Crippen LogP contribution is 2.43. The van der Waals surface area contributed by atoms with Gasteiger partial charge in [-0.2, -0.15) is 0 Å². The fourth-order valence-corrected chi connectivity index (χ4v) is 5.17. The molecule has 126 valence electrons. The first kappa shape index (κ1) is 15.5. The first-order valence-electron chi connectivity index (χ1n) is 8.58. The van der Waals surface area contributed by atoms with Crippen LogP contribution in [0.4, 0.5) is 5.00 Å². The number of phenolic OH excluding ortho intramolecular Hbond substituents is 1. The predicted octanol–water partition coefficient (Wildman–Crippen LogP) is 4.13. The molecule has 1 amide bonds. The molecule has 24 heavy (non-hydrogen) atoms. The normalized spacial score (nSPS) is 22.3. The van der Waals surface area contributed by atoms with Crippen molar-refractivity contribution < 1.29 is 9.90 Å². The zero-order chi connectivity index (χ0) is 16.8. The van der Waals surface area contributed by atoms with E-state index in [4.69, 9.17) is 0 Å². The molecule has 1 aliphatic heterocycles. The number of amides is 1. The Hall–Kier alpha value is -2.01. The van der Waals surface area contributed by atoms with Crippen LogP contribution in [0.25, 0.3) is 0 Å². The largest absolute Gasteiger partial charge is 0.507 e. The average molecular weight is 342 g/mol. The topological polar surface area (TPSA) is 61.4 Å². The molecule has 0 saturated heterocycles. The lowest BCUT2D eigenvalue weighted by atomic mass is 9.85. The van der Waals surface area contributed by atoms with E-state index in [-0.39, 0.29) is 17.8 Å². The van der Waals surface area contributed by atoms with Gasteiger partial charge in [-0.25, -0.2) is 0 Å². The molecule has 1 aromatic carbocycles. The highest BCUT2D eigenvalue weighted by atomic mass is 32.1. The van der Waals surface area contributed by atoms with Crippen molar-refractivity contribution in [3.8, 4) is 5.75 Å². The van der Waals surface area contributed by atoms with Gasteiger partial charge in [0.1, 0.15) is 16.9 Å². The van der Waals surface area contributed by atoms with Gasteiger partial charge in [0, 0.05) is 10.4 Å². The third-order valence-corrected chi connectivity index (χ3v) is 6.49. The van der Waals surface area contributed by atoms with Crippen LogP contribution in [-0.4, -0.2) is 11.0 Å². The molecular weight excluding hydrogens is 320 g/mol. The molecule has 0 fully saturated rings. The van der Waals surface area contributed by atoms with Gasteiger partial charge in [-0.15, -0.1) is 11.3 Å². The van der Waals surface area contributed by atoms with Crippen LogP contribution >= 0.6 is 11.3 Å². The number of aromatic hydroxyl groups is 1. The molecule has 0 radical (unpaired) electrons. The second-order valence-corrected chi connectivity index (χ2v) is 7.89. The number of aryl methyl sites for hydroxylation is 1. The van der Waals surface area contributed by atoms with Gasteiger partial charge in [-0.1, -0.05) is 31.5 Å². The van der Waals surface area contributed by atoms with Gasteiger partial charge in [0.25, 0.3) is 5.91 Å². The summed E-state index contributed by atoms with van der Waals surface area (Å²) in [6.07, 6.45) is 4.06. The smallest absolute Gasteiger partial charge is 0.256 e. The van der Waals surface area contributed by atoms with E-state index in [1.54, 1.807) is 11.3 Å². The lowest BCUT2D eigenvalue weighted by Gasteiger charge is -2.28. The Morgan fingerprint density at radius 1 is 1.33 bits per heavy atom. The summed E-state index contributed by atoms with van der Waals surface area (Å²) in [5, 5.41) is 17.7. The molecule has 4 nitrogen and oxygen atoms in total. The number of carbonyl (C=O) groups excluding carboxylic acids is 1. The number of hydrogen-bond acceptors (Lipinski definition) is 4. The Kier molecular flexibility index (Phi) is 3.76. The number of benzene rings is 1. The predicted molar refractivity (Wildman–Crippen MR) is 96.8 cm³/mol. The summed E-state index contributed by atoms with van der Waals surface area (Å²) < 4.78 is 0. The Bertz CT molecular complexity index is 812. The molecule has 0 bridgehead atoms. The second-order valence-electron chi connectivity index (χ2n) is 6.79. The van der Waals surface area contributed by atoms with E-state index in [0.29, 0.717) is 5.56 Å². The van der Waals surface area contributed by atoms with Crippen LogP contribution in [0.1, 0.15) is 57.9 Å². The number of hydrogen-bond donors (Lipinski definition) is 3. The molecule has 5 heteroatoms. The molecule has 0 spiro atoms. The van der Waals surface area contributed by atoms with Crippen molar-refractivity contribution in [2.24, 2.45) is 5.92 Å². The minimum Gasteiger partial charge on any atom is -0.507 e. The molecule has 2 heterocycles. The Balaban J connectivity index is 1.70. The summed E-state index contributed by atoms with van der Waals surface area (Å²) in [6.45, 7) is 4.11. The summed E-state index contributed by atoms with van der Waals surface area (Å²) in [5.41, 5.74) is 3.59. The van der Waals surface area contributed by atoms with Crippen molar-refractivity contribution in [2.75, 3.05) is 5.32 Å². The maximum atomic E-state index is 12.7. The Morgan fingerprint density at radius 3 is 2.96 bits per heavy atom. The van der Waals surface area contributed by atoms with Crippen LogP contribution in [0, 0.1) is 12.8 Å². The zero-order valence-electron chi connectivity index (χ0n) is 14.0. The van der Waals surface area contributed by atoms with E-state index in [0.717, 1.165) is 34.9 Å². The average Bonchev–Trinajstić information content (AvgIpc) is 2.94. The quantitative estimate of drug-likeness (QED) is 0.769. The number of phenols is 1. The van der Waals surface area contributed by atoms with Crippen molar-refractivity contribution >= 4 is 22.2 Å². The van der Waals surface area contributed by atoms with Crippen LogP contribution in [0.15, 0.2) is 18.2 Å². The standard InChI is InChI=1S/C19H22N2O2S/c1-3-11-7-8-12-14(9-11)24-19-15(12)18(23)20-17(21-19)13-6-4-5-10(2)16(13)22/h4-6,11,17,21-22H,3,7-9H2,1-2H3,(H,20,23)/t11-,17-/m1/s1. The summed E-state index contributed by atoms with van der Waals surface area (Å²) in [7, 11) is 0. The van der Waals surface area contributed by atoms with Crippen molar-refractivity contribution in [3.05, 3.63) is 45.3 Å². The maximum Gasteiger partial charge on any atom is 0.256 e. The fraction of sp³-hybridized carbons (Fsp3) is 0.421. The zero-order valence-corrected chi connectivity index (χ0v) is 14.8. The van der Waals surface area contributed by atoms with Crippen LogP contribution in [0.5, 0.6) is 5.75 Å². The van der Waals surface area contributed by atoms with Crippen molar-refractivity contribution in [1.29, 1.82) is 0 Å². The number of rotatable bonds is 2. The monoisotopic (exact) mass is 342 g/mol. The number of anilines is 1. The van der Waals surface area contributed by atoms with Gasteiger partial charge in [0.05, 0.1) is 5.56 Å². The van der Waals surface area contributed by atoms with Crippen LogP contribution in [0.3, 0.4) is 0 Å². The minimum atomic E-state index is -0.382. The number of thiophene rings is 1. The van der Waals surface area contributed by atoms with Gasteiger partial charge in [0.15, 0.2) is 0 Å². The molecule has 2 aliphatic rings. The third kappa shape index (κ3) is 2.38. The van der Waals surface area contributed by atoms with E-state index in [1.165, 1.54) is 23.3 Å². The lowest BCUT2D eigenvalue weighted by Crippen LogP contribution is -2.38. The second kappa shape index (κ2) is 5.81. The fourth-order valence-electron chi connectivity index (χ4n) is 3.79. The SMILES string of the molecule is CC[C@@H]1CCc2c(sc3c2C(=O)N[C@@H](c2cccc(C)c2O)N3)C1. The number of carbonyl (C=O) groups is 1. The molecule has 1 aromatic heterocycles. The summed E-state index contributed by atoms with van der Waals surface area (Å²) >= 11 is 1.72. The van der Waals surface area contributed by atoms with Crippen LogP contribution in [0.2, 0.25) is 0 Å². The number of nitrogens with one attached hydrogen (secondary N) is 2. The highest BCUT2D eigenvalue weighted by Gasteiger charge is 2.34. The van der Waals surface area contributed by atoms with Gasteiger partial charge < -0.3 is 15.7 Å². The van der Waals surface area contributed by atoms with E-state index in [2.05, 4.69) is 17.6 Å². The van der Waals surface area contributed by atoms with Gasteiger partial charge >= 0.3 is 0 Å². The van der Waals surface area contributed by atoms with Crippen molar-refractivity contribution in [3.63, 3.8) is 0 Å². The highest BCUT2D eigenvalue weighted by molar-refractivity contribution is 7.16. The number of para-hydroxylation sites is 1. The molecule has 2 aromatic rings. The summed E-state index contributed by atoms with van der Waals surface area (Å²) in [4.78, 5) is 14.1. The maximum absolute atomic E-state index is 12.7. The van der Waals surface area contributed by atoms with Crippen molar-refractivity contribution in [1.82, 2.24) is 5.32 Å². The van der Waals surface area contributed by atoms with Crippen molar-refractivity contribution in [2.45, 2.75) is 45.7 Å². The summed E-state index contributed by atoms with van der Waals surface area (Å²) in [5.74, 6) is 0.950. The molecule has 3 N–H and O–H groups in total. The van der Waals surface area contributed by atoms with Crippen LogP contribution in [-0.2, 0) is 12.8 Å². The lowest BCUT2D eigenvalue weighted by molar-refractivity contribution is 0.0934. The summed E-state index contributed by atoms with van der Waals surface area (Å²) in [6, 6.07) is 5.62. The van der Waals surface area contributed by atoms with Gasteiger partial charge in [0.2, 0.25) is 0 Å². The Morgan fingerprint density at radius 2 is 2.17 bits per heavy atom. The van der Waals surface area contributed by atoms with E-state index >= 15 is 0 Å². The van der Waals surface area contributed by atoms with Gasteiger partial charge in [-0.05, 0) is 43.2 Å². The van der Waals surface area contributed by atoms with Gasteiger partial charge in [-0.3, -0.25) is 4.79 Å². The molecule has 4 rings (SSSR count). The molecule has 2 atom stereocenters. The molecule has 0 unspecified atom stereocenters. The first-order chi connectivity index (χ1) is 11.6. The molecular formula is C19H22N2O2S. The Labute approximate surface area is 145 Å². The van der Waals surface area contributed by atoms with E-state index in [9.17, 15) is 9.90 Å². The minimum absolute atomic E-state index is 0.0258. The number of fused-ring (bicyclic) bond motifs is 3. The van der Waals surface area contributed by atoms with E-state index < -0.39 is 0 Å². The van der Waals surface area contributed by atoms with Crippen LogP contribution < -0.4 is 10.6 Å². The molecule has 0 saturated carbocycles. The van der Waals surface area contributed by atoms with E-state index in [1.807, 2.05) is 25.1 Å². The first-order valence-corrected chi connectivity index (χ1v) is 9.40. The molecule has 1 aliphatic carbocycles. The third-order valence-electron chi connectivity index (χ3n) is 5.30.